The molecule has 82 valence electrons. The maximum absolute atomic E-state index is 13.4. The van der Waals surface area contributed by atoms with E-state index >= 15 is 0 Å². The Morgan fingerprint density at radius 1 is 1.47 bits per heavy atom. The highest BCUT2D eigenvalue weighted by Crippen LogP contribution is 2.23. The van der Waals surface area contributed by atoms with Crippen LogP contribution < -0.4 is 10.1 Å². The lowest BCUT2D eigenvalue weighted by Gasteiger charge is -2.24. The van der Waals surface area contributed by atoms with Gasteiger partial charge in [0.2, 0.25) is 0 Å². The van der Waals surface area contributed by atoms with Gasteiger partial charge in [0, 0.05) is 11.0 Å². The summed E-state index contributed by atoms with van der Waals surface area (Å²) in [7, 11) is 0. The molecule has 2 rings (SSSR count). The van der Waals surface area contributed by atoms with Crippen molar-refractivity contribution in [3.8, 4) is 5.75 Å². The van der Waals surface area contributed by atoms with Crippen LogP contribution in [0.15, 0.2) is 22.7 Å². The topological polar surface area (TPSA) is 21.3 Å². The molecule has 0 bridgehead atoms. The second-order valence-electron chi connectivity index (χ2n) is 3.66. The zero-order valence-electron chi connectivity index (χ0n) is 8.30. The normalized spacial score (nSPS) is 21.3. The maximum Gasteiger partial charge on any atom is 0.166 e. The Morgan fingerprint density at radius 2 is 2.33 bits per heavy atom. The lowest BCUT2D eigenvalue weighted by Crippen LogP contribution is -2.37. The van der Waals surface area contributed by atoms with Crippen molar-refractivity contribution in [3.05, 3.63) is 28.5 Å². The van der Waals surface area contributed by atoms with Gasteiger partial charge in [-0.05, 0) is 37.6 Å². The van der Waals surface area contributed by atoms with Crippen LogP contribution in [0.3, 0.4) is 0 Å². The molecule has 1 aliphatic heterocycles. The van der Waals surface area contributed by atoms with E-state index in [1.165, 1.54) is 6.07 Å². The summed E-state index contributed by atoms with van der Waals surface area (Å²) < 4.78 is 19.7. The van der Waals surface area contributed by atoms with Gasteiger partial charge in [-0.1, -0.05) is 15.9 Å². The molecule has 1 atom stereocenters. The number of halogens is 2. The van der Waals surface area contributed by atoms with Crippen LogP contribution >= 0.6 is 15.9 Å². The Labute approximate surface area is 96.9 Å². The number of rotatable bonds is 2. The van der Waals surface area contributed by atoms with Crippen LogP contribution in [0.2, 0.25) is 0 Å². The van der Waals surface area contributed by atoms with Gasteiger partial charge in [0.25, 0.3) is 0 Å². The van der Waals surface area contributed by atoms with Crippen LogP contribution in [0.1, 0.15) is 12.8 Å². The predicted octanol–water partition coefficient (Wildman–Crippen LogP) is 2.72. The molecule has 0 aliphatic carbocycles. The molecule has 4 heteroatoms. The average Bonchev–Trinajstić information content (AvgIpc) is 2.24. The zero-order chi connectivity index (χ0) is 10.7. The molecule has 0 radical (unpaired) electrons. The Bertz CT molecular complexity index is 339. The Morgan fingerprint density at radius 3 is 3.00 bits per heavy atom. The minimum atomic E-state index is -0.310. The first-order chi connectivity index (χ1) is 7.25. The molecule has 0 spiro atoms. The number of piperidine rings is 1. The number of ether oxygens (including phenoxy) is 1. The first kappa shape index (κ1) is 10.9. The molecule has 1 saturated heterocycles. The van der Waals surface area contributed by atoms with Gasteiger partial charge >= 0.3 is 0 Å². The van der Waals surface area contributed by atoms with E-state index in [-0.39, 0.29) is 11.9 Å². The highest BCUT2D eigenvalue weighted by Gasteiger charge is 2.16. The standard InChI is InChI=1S/C11H13BrFNO/c12-8-3-4-11(10(13)6-8)15-9-2-1-5-14-7-9/h3-4,6,9,14H,1-2,5,7H2/t9-/m1/s1. The minimum absolute atomic E-state index is 0.0921. The lowest BCUT2D eigenvalue weighted by atomic mass is 10.1. The molecule has 0 saturated carbocycles. The largest absolute Gasteiger partial charge is 0.486 e. The molecule has 1 fully saturated rings. The van der Waals surface area contributed by atoms with E-state index in [9.17, 15) is 4.39 Å². The maximum atomic E-state index is 13.4. The van der Waals surface area contributed by atoms with Crippen LogP contribution in [0.5, 0.6) is 5.75 Å². The summed E-state index contributed by atoms with van der Waals surface area (Å²) in [5, 5.41) is 3.23. The fourth-order valence-corrected chi connectivity index (χ4v) is 2.00. The van der Waals surface area contributed by atoms with Crippen molar-refractivity contribution in [2.24, 2.45) is 0 Å². The molecule has 0 aromatic heterocycles. The summed E-state index contributed by atoms with van der Waals surface area (Å²) in [5.41, 5.74) is 0. The highest BCUT2D eigenvalue weighted by atomic mass is 79.9. The van der Waals surface area contributed by atoms with Gasteiger partial charge < -0.3 is 10.1 Å². The number of hydrogen-bond acceptors (Lipinski definition) is 2. The van der Waals surface area contributed by atoms with Gasteiger partial charge in [-0.3, -0.25) is 0 Å². The van der Waals surface area contributed by atoms with Crippen molar-refractivity contribution < 1.29 is 9.13 Å². The summed E-state index contributed by atoms with van der Waals surface area (Å²) >= 11 is 3.21. The highest BCUT2D eigenvalue weighted by molar-refractivity contribution is 9.10. The Hall–Kier alpha value is -0.610. The molecule has 0 unspecified atom stereocenters. The molecular weight excluding hydrogens is 261 g/mol. The smallest absolute Gasteiger partial charge is 0.166 e. The summed E-state index contributed by atoms with van der Waals surface area (Å²) in [6.07, 6.45) is 2.17. The summed E-state index contributed by atoms with van der Waals surface area (Å²) in [6, 6.07) is 4.87. The van der Waals surface area contributed by atoms with Crippen molar-refractivity contribution >= 4 is 15.9 Å². The van der Waals surface area contributed by atoms with Crippen molar-refractivity contribution in [2.45, 2.75) is 18.9 Å². The van der Waals surface area contributed by atoms with Crippen molar-refractivity contribution in [3.63, 3.8) is 0 Å². The van der Waals surface area contributed by atoms with Crippen molar-refractivity contribution in [1.82, 2.24) is 5.32 Å². The number of nitrogens with one attached hydrogen (secondary N) is 1. The minimum Gasteiger partial charge on any atom is -0.486 e. The molecule has 1 heterocycles. The SMILES string of the molecule is Fc1cc(Br)ccc1O[C@@H]1CCCNC1. The van der Waals surface area contributed by atoms with E-state index in [0.29, 0.717) is 5.75 Å². The zero-order valence-corrected chi connectivity index (χ0v) is 9.89. The quantitative estimate of drug-likeness (QED) is 0.895. The molecule has 1 aromatic carbocycles. The summed E-state index contributed by atoms with van der Waals surface area (Å²) in [4.78, 5) is 0. The van der Waals surface area contributed by atoms with Gasteiger partial charge in [-0.25, -0.2) is 4.39 Å². The van der Waals surface area contributed by atoms with Crippen LogP contribution in [0, 0.1) is 5.82 Å². The van der Waals surface area contributed by atoms with Crippen LogP contribution in [0.4, 0.5) is 4.39 Å². The molecule has 1 aliphatic rings. The Balaban J connectivity index is 2.03. The Kier molecular flexibility index (Phi) is 3.59. The third kappa shape index (κ3) is 2.92. The second kappa shape index (κ2) is 4.94. The molecule has 15 heavy (non-hydrogen) atoms. The van der Waals surface area contributed by atoms with Crippen LogP contribution in [-0.4, -0.2) is 19.2 Å². The van der Waals surface area contributed by atoms with Gasteiger partial charge in [0.15, 0.2) is 11.6 Å². The predicted molar refractivity (Wildman–Crippen MR) is 60.6 cm³/mol. The van der Waals surface area contributed by atoms with E-state index in [0.717, 1.165) is 30.4 Å². The average molecular weight is 274 g/mol. The summed E-state index contributed by atoms with van der Waals surface area (Å²) in [6.45, 7) is 1.83. The van der Waals surface area contributed by atoms with Gasteiger partial charge in [-0.15, -0.1) is 0 Å². The van der Waals surface area contributed by atoms with Crippen molar-refractivity contribution in [1.29, 1.82) is 0 Å². The van der Waals surface area contributed by atoms with Gasteiger partial charge in [-0.2, -0.15) is 0 Å². The van der Waals surface area contributed by atoms with Gasteiger partial charge in [0.05, 0.1) is 0 Å². The van der Waals surface area contributed by atoms with Crippen LogP contribution in [-0.2, 0) is 0 Å². The molecular formula is C11H13BrFNO. The van der Waals surface area contributed by atoms with Crippen LogP contribution in [0.25, 0.3) is 0 Å². The van der Waals surface area contributed by atoms with E-state index in [1.54, 1.807) is 12.1 Å². The monoisotopic (exact) mass is 273 g/mol. The third-order valence-electron chi connectivity index (χ3n) is 2.44. The molecule has 0 amide bonds. The van der Waals surface area contributed by atoms with Gasteiger partial charge in [0.1, 0.15) is 6.10 Å². The molecule has 1 N–H and O–H groups in total. The number of benzene rings is 1. The first-order valence-corrected chi connectivity index (χ1v) is 5.87. The molecule has 1 aromatic rings. The van der Waals surface area contributed by atoms with E-state index < -0.39 is 0 Å². The first-order valence-electron chi connectivity index (χ1n) is 5.08. The molecule has 2 nitrogen and oxygen atoms in total. The summed E-state index contributed by atoms with van der Waals surface area (Å²) in [5.74, 6) is 0.0295. The fourth-order valence-electron chi connectivity index (χ4n) is 1.67. The fraction of sp³-hybridized carbons (Fsp3) is 0.455. The van der Waals surface area contributed by atoms with E-state index in [4.69, 9.17) is 4.74 Å². The van der Waals surface area contributed by atoms with Crippen molar-refractivity contribution in [2.75, 3.05) is 13.1 Å². The lowest BCUT2D eigenvalue weighted by molar-refractivity contribution is 0.160. The van der Waals surface area contributed by atoms with E-state index in [2.05, 4.69) is 21.2 Å². The second-order valence-corrected chi connectivity index (χ2v) is 4.58. The van der Waals surface area contributed by atoms with E-state index in [1.807, 2.05) is 0 Å². The third-order valence-corrected chi connectivity index (χ3v) is 2.93. The number of hydrogen-bond donors (Lipinski definition) is 1.